The molecule has 96 valence electrons. The molecule has 2 rings (SSSR count). The molecule has 4 N–H and O–H groups in total. The van der Waals surface area contributed by atoms with Crippen LogP contribution in [-0.2, 0) is 10.0 Å². The first-order valence-electron chi connectivity index (χ1n) is 4.58. The maximum absolute atomic E-state index is 11.9. The van der Waals surface area contributed by atoms with Gasteiger partial charge in [0.2, 0.25) is 0 Å². The van der Waals surface area contributed by atoms with Gasteiger partial charge in [0.15, 0.2) is 5.03 Å². The molecule has 2 aromatic heterocycles. The number of aromatic amines is 2. The number of sulfonamides is 1. The molecule has 0 saturated carbocycles. The summed E-state index contributed by atoms with van der Waals surface area (Å²) >= 11 is 0. The molecule has 0 bridgehead atoms. The van der Waals surface area contributed by atoms with Crippen LogP contribution in [0, 0.1) is 6.92 Å². The van der Waals surface area contributed by atoms with Crippen LogP contribution in [0.4, 0.5) is 5.95 Å². The third-order valence-electron chi connectivity index (χ3n) is 1.93. The first-order chi connectivity index (χ1) is 8.40. The molecule has 0 saturated heterocycles. The number of hydrogen-bond donors (Lipinski definition) is 4. The first kappa shape index (κ1) is 12.0. The van der Waals surface area contributed by atoms with Gasteiger partial charge in [-0.3, -0.25) is 10.2 Å². The molecule has 10 nitrogen and oxygen atoms in total. The highest BCUT2D eigenvalue weighted by molar-refractivity contribution is 7.92. The van der Waals surface area contributed by atoms with Gasteiger partial charge in [-0.2, -0.15) is 18.5 Å². The van der Waals surface area contributed by atoms with Crippen molar-refractivity contribution >= 4 is 21.9 Å². The minimum atomic E-state index is -4.13. The monoisotopic (exact) mass is 272 g/mol. The number of carboxylic acids is 1. The molecule has 2 heterocycles. The summed E-state index contributed by atoms with van der Waals surface area (Å²) in [5.74, 6) is -1.18. The van der Waals surface area contributed by atoms with Gasteiger partial charge in [-0.25, -0.2) is 9.52 Å². The van der Waals surface area contributed by atoms with Crippen molar-refractivity contribution in [3.8, 4) is 0 Å². The van der Waals surface area contributed by atoms with Gasteiger partial charge in [-0.05, 0) is 6.92 Å². The van der Waals surface area contributed by atoms with Crippen molar-refractivity contribution in [3.63, 3.8) is 0 Å². The smallest absolute Gasteiger partial charge is 0.340 e. The van der Waals surface area contributed by atoms with E-state index in [0.29, 0.717) is 5.82 Å². The number of nitrogens with one attached hydrogen (secondary N) is 3. The van der Waals surface area contributed by atoms with Crippen LogP contribution in [0.3, 0.4) is 0 Å². The maximum Gasteiger partial charge on any atom is 0.340 e. The lowest BCUT2D eigenvalue weighted by molar-refractivity contribution is 0.0692. The minimum Gasteiger partial charge on any atom is -0.478 e. The van der Waals surface area contributed by atoms with E-state index in [0.717, 1.165) is 6.20 Å². The predicted molar refractivity (Wildman–Crippen MR) is 57.5 cm³/mol. The lowest BCUT2D eigenvalue weighted by Gasteiger charge is -2.02. The van der Waals surface area contributed by atoms with Crippen molar-refractivity contribution in [1.29, 1.82) is 0 Å². The summed E-state index contributed by atoms with van der Waals surface area (Å²) in [5, 5.41) is 19.8. The molecule has 11 heteroatoms. The van der Waals surface area contributed by atoms with Crippen LogP contribution < -0.4 is 4.72 Å². The number of aryl methyl sites for hydroxylation is 1. The SMILES string of the molecule is Cc1nc(NS(=O)(=O)c2[nH]ncc2C(=O)O)n[nH]1. The Morgan fingerprint density at radius 2 is 2.17 bits per heavy atom. The highest BCUT2D eigenvalue weighted by Gasteiger charge is 2.25. The minimum absolute atomic E-state index is 0.182. The van der Waals surface area contributed by atoms with Gasteiger partial charge < -0.3 is 5.11 Å². The van der Waals surface area contributed by atoms with E-state index in [9.17, 15) is 13.2 Å². The molecule has 0 atom stereocenters. The van der Waals surface area contributed by atoms with Gasteiger partial charge in [0, 0.05) is 0 Å². The topological polar surface area (TPSA) is 154 Å². The Morgan fingerprint density at radius 1 is 1.44 bits per heavy atom. The van der Waals surface area contributed by atoms with Crippen LogP contribution in [0.15, 0.2) is 11.2 Å². The molecule has 0 amide bonds. The Labute approximate surface area is 100 Å². The lowest BCUT2D eigenvalue weighted by Crippen LogP contribution is -2.17. The summed E-state index contributed by atoms with van der Waals surface area (Å²) in [7, 11) is -4.13. The second-order valence-corrected chi connectivity index (χ2v) is 4.89. The third-order valence-corrected chi connectivity index (χ3v) is 3.23. The molecular formula is C7H8N6O4S. The molecular weight excluding hydrogens is 264 g/mol. The van der Waals surface area contributed by atoms with Crippen LogP contribution in [0.5, 0.6) is 0 Å². The van der Waals surface area contributed by atoms with E-state index in [2.05, 4.69) is 25.4 Å². The van der Waals surface area contributed by atoms with Gasteiger partial charge in [0.05, 0.1) is 6.20 Å². The molecule has 0 radical (unpaired) electrons. The largest absolute Gasteiger partial charge is 0.478 e. The van der Waals surface area contributed by atoms with E-state index in [4.69, 9.17) is 5.11 Å². The summed E-state index contributed by atoms with van der Waals surface area (Å²) in [6.07, 6.45) is 0.903. The summed E-state index contributed by atoms with van der Waals surface area (Å²) < 4.78 is 25.7. The van der Waals surface area contributed by atoms with Crippen LogP contribution in [0.1, 0.15) is 16.2 Å². The maximum atomic E-state index is 11.9. The fraction of sp³-hybridized carbons (Fsp3) is 0.143. The van der Waals surface area contributed by atoms with Crippen LogP contribution in [0.25, 0.3) is 0 Å². The highest BCUT2D eigenvalue weighted by Crippen LogP contribution is 2.14. The molecule has 18 heavy (non-hydrogen) atoms. The highest BCUT2D eigenvalue weighted by atomic mass is 32.2. The van der Waals surface area contributed by atoms with E-state index >= 15 is 0 Å². The molecule has 0 aliphatic heterocycles. The van der Waals surface area contributed by atoms with Gasteiger partial charge in [0.1, 0.15) is 11.4 Å². The standard InChI is InChI=1S/C7H8N6O4S/c1-3-9-7(12-10-3)13-18(16,17)5-4(6(14)15)2-8-11-5/h2H,1H3,(H,8,11)(H,14,15)(H2,9,10,12,13). The number of carbonyl (C=O) groups is 1. The Balaban J connectivity index is 2.37. The summed E-state index contributed by atoms with van der Waals surface area (Å²) in [4.78, 5) is 14.5. The molecule has 0 unspecified atom stereocenters. The van der Waals surface area contributed by atoms with E-state index < -0.39 is 26.6 Å². The van der Waals surface area contributed by atoms with Crippen molar-refractivity contribution < 1.29 is 18.3 Å². The molecule has 0 aliphatic rings. The number of carboxylic acid groups (broad SMARTS) is 1. The number of rotatable bonds is 4. The summed E-state index contributed by atoms with van der Waals surface area (Å²) in [6, 6.07) is 0. The summed E-state index contributed by atoms with van der Waals surface area (Å²) in [6.45, 7) is 1.59. The van der Waals surface area contributed by atoms with Crippen LogP contribution in [0.2, 0.25) is 0 Å². The number of H-pyrrole nitrogens is 2. The van der Waals surface area contributed by atoms with E-state index in [1.165, 1.54) is 0 Å². The molecule has 0 aliphatic carbocycles. The van der Waals surface area contributed by atoms with Crippen molar-refractivity contribution in [2.24, 2.45) is 0 Å². The second-order valence-electron chi connectivity index (χ2n) is 3.27. The van der Waals surface area contributed by atoms with Gasteiger partial charge in [-0.1, -0.05) is 0 Å². The first-order valence-corrected chi connectivity index (χ1v) is 6.07. The average Bonchev–Trinajstić information content (AvgIpc) is 2.86. The van der Waals surface area contributed by atoms with Crippen LogP contribution >= 0.6 is 0 Å². The van der Waals surface area contributed by atoms with E-state index in [1.54, 1.807) is 6.92 Å². The van der Waals surface area contributed by atoms with Crippen molar-refractivity contribution in [1.82, 2.24) is 25.4 Å². The molecule has 2 aromatic rings. The second kappa shape index (κ2) is 4.10. The van der Waals surface area contributed by atoms with Crippen molar-refractivity contribution in [2.45, 2.75) is 11.9 Å². The van der Waals surface area contributed by atoms with Gasteiger partial charge >= 0.3 is 5.97 Å². The zero-order chi connectivity index (χ0) is 13.3. The molecule has 0 fully saturated rings. The quantitative estimate of drug-likeness (QED) is 0.575. The van der Waals surface area contributed by atoms with Gasteiger partial charge in [0.25, 0.3) is 16.0 Å². The van der Waals surface area contributed by atoms with E-state index in [-0.39, 0.29) is 5.95 Å². The zero-order valence-electron chi connectivity index (χ0n) is 9.00. The fourth-order valence-electron chi connectivity index (χ4n) is 1.19. The molecule has 0 aromatic carbocycles. The van der Waals surface area contributed by atoms with Gasteiger partial charge in [-0.15, -0.1) is 5.10 Å². The Morgan fingerprint density at radius 3 is 2.72 bits per heavy atom. The van der Waals surface area contributed by atoms with Crippen LogP contribution in [-0.4, -0.2) is 44.9 Å². The normalized spacial score (nSPS) is 11.4. The number of anilines is 1. The lowest BCUT2D eigenvalue weighted by atomic mass is 10.4. The third kappa shape index (κ3) is 2.15. The Kier molecular flexibility index (Phi) is 2.74. The summed E-state index contributed by atoms with van der Waals surface area (Å²) in [5.41, 5.74) is -0.463. The number of nitrogens with zero attached hydrogens (tertiary/aromatic N) is 3. The fourth-order valence-corrected chi connectivity index (χ4v) is 2.23. The molecule has 0 spiro atoms. The van der Waals surface area contributed by atoms with Crippen molar-refractivity contribution in [3.05, 3.63) is 17.6 Å². The number of hydrogen-bond acceptors (Lipinski definition) is 6. The Hall–Kier alpha value is -2.43. The predicted octanol–water partition coefficient (Wildman–Crippen LogP) is -0.665. The Bertz CT molecular complexity index is 686. The zero-order valence-corrected chi connectivity index (χ0v) is 9.82. The number of aromatic nitrogens is 5. The van der Waals surface area contributed by atoms with E-state index in [1.807, 2.05) is 4.72 Å². The number of aromatic carboxylic acids is 1. The average molecular weight is 272 g/mol. The van der Waals surface area contributed by atoms with Crippen molar-refractivity contribution in [2.75, 3.05) is 4.72 Å².